The Bertz CT molecular complexity index is 761. The third kappa shape index (κ3) is 3.00. The van der Waals surface area contributed by atoms with E-state index < -0.39 is 5.97 Å². The van der Waals surface area contributed by atoms with Crippen LogP contribution in [0.1, 0.15) is 18.5 Å². The van der Waals surface area contributed by atoms with Crippen molar-refractivity contribution in [2.75, 3.05) is 13.1 Å². The van der Waals surface area contributed by atoms with Crippen molar-refractivity contribution in [1.29, 1.82) is 0 Å². The molecule has 3 rings (SSSR count). The van der Waals surface area contributed by atoms with E-state index >= 15 is 0 Å². The lowest BCUT2D eigenvalue weighted by Crippen LogP contribution is -2.41. The lowest BCUT2D eigenvalue weighted by Gasteiger charge is -2.30. The number of piperidine rings is 1. The predicted octanol–water partition coefficient (Wildman–Crippen LogP) is 3.04. The molecule has 0 radical (unpaired) electrons. The van der Waals surface area contributed by atoms with Crippen molar-refractivity contribution in [1.82, 2.24) is 9.47 Å². The molecule has 0 saturated carbocycles. The fourth-order valence-corrected chi connectivity index (χ4v) is 3.75. The maximum atomic E-state index is 12.6. The van der Waals surface area contributed by atoms with E-state index in [-0.39, 0.29) is 18.4 Å². The maximum Gasteiger partial charge on any atom is 0.306 e. The van der Waals surface area contributed by atoms with Crippen LogP contribution in [-0.2, 0) is 16.1 Å². The maximum absolute atomic E-state index is 12.6. The van der Waals surface area contributed by atoms with Gasteiger partial charge in [0.25, 0.3) is 0 Å². The number of likely N-dealkylation sites (tertiary alicyclic amines) is 1. The molecule has 0 bridgehead atoms. The number of rotatable bonds is 3. The zero-order chi connectivity index (χ0) is 16.6. The van der Waals surface area contributed by atoms with Crippen LogP contribution in [-0.4, -0.2) is 39.5 Å². The van der Waals surface area contributed by atoms with Crippen LogP contribution in [0.15, 0.2) is 28.7 Å². The first kappa shape index (κ1) is 16.1. The van der Waals surface area contributed by atoms with Gasteiger partial charge in [-0.15, -0.1) is 0 Å². The SMILES string of the molecule is Cc1c(Br)c2ccccc2n1CC(=O)N1CCC(C(=O)O)CC1. The number of halogens is 1. The number of carbonyl (C=O) groups excluding carboxylic acids is 1. The van der Waals surface area contributed by atoms with Crippen molar-refractivity contribution in [3.8, 4) is 0 Å². The second-order valence-corrected chi connectivity index (χ2v) is 6.79. The van der Waals surface area contributed by atoms with Crippen LogP contribution in [0.5, 0.6) is 0 Å². The Labute approximate surface area is 143 Å². The predicted molar refractivity (Wildman–Crippen MR) is 91.3 cm³/mol. The van der Waals surface area contributed by atoms with Crippen molar-refractivity contribution in [2.24, 2.45) is 5.92 Å². The summed E-state index contributed by atoms with van der Waals surface area (Å²) in [6.45, 7) is 3.33. The minimum Gasteiger partial charge on any atom is -0.481 e. The van der Waals surface area contributed by atoms with E-state index in [4.69, 9.17) is 5.11 Å². The second-order valence-electron chi connectivity index (χ2n) is 6.00. The number of benzene rings is 1. The normalized spacial score (nSPS) is 16.0. The Morgan fingerprint density at radius 2 is 1.91 bits per heavy atom. The van der Waals surface area contributed by atoms with Gasteiger partial charge in [0.15, 0.2) is 0 Å². The average Bonchev–Trinajstić information content (AvgIpc) is 2.80. The molecular formula is C17H19BrN2O3. The molecule has 5 nitrogen and oxygen atoms in total. The Kier molecular flexibility index (Phi) is 4.43. The van der Waals surface area contributed by atoms with Gasteiger partial charge in [-0.3, -0.25) is 9.59 Å². The first-order valence-electron chi connectivity index (χ1n) is 7.73. The van der Waals surface area contributed by atoms with Crippen LogP contribution < -0.4 is 0 Å². The van der Waals surface area contributed by atoms with Gasteiger partial charge in [0.1, 0.15) is 6.54 Å². The van der Waals surface area contributed by atoms with Crippen molar-refractivity contribution >= 4 is 38.7 Å². The van der Waals surface area contributed by atoms with Crippen LogP contribution in [0, 0.1) is 12.8 Å². The monoisotopic (exact) mass is 378 g/mol. The van der Waals surface area contributed by atoms with Gasteiger partial charge in [0.05, 0.1) is 5.92 Å². The summed E-state index contributed by atoms with van der Waals surface area (Å²) in [6, 6.07) is 7.99. The molecule has 1 aromatic carbocycles. The lowest BCUT2D eigenvalue weighted by atomic mass is 9.97. The zero-order valence-electron chi connectivity index (χ0n) is 13.0. The summed E-state index contributed by atoms with van der Waals surface area (Å²) in [4.78, 5) is 25.4. The van der Waals surface area contributed by atoms with Gasteiger partial charge in [0.2, 0.25) is 5.91 Å². The van der Waals surface area contributed by atoms with Crippen LogP contribution in [0.4, 0.5) is 0 Å². The molecule has 2 heterocycles. The van der Waals surface area contributed by atoms with E-state index in [1.54, 1.807) is 4.90 Å². The number of carboxylic acid groups (broad SMARTS) is 1. The zero-order valence-corrected chi connectivity index (χ0v) is 14.5. The van der Waals surface area contributed by atoms with Gasteiger partial charge in [0, 0.05) is 34.2 Å². The fraction of sp³-hybridized carbons (Fsp3) is 0.412. The third-order valence-corrected chi connectivity index (χ3v) is 5.65. The number of para-hydroxylation sites is 1. The molecule has 1 amide bonds. The van der Waals surface area contributed by atoms with Crippen molar-refractivity contribution in [3.05, 3.63) is 34.4 Å². The van der Waals surface area contributed by atoms with Crippen LogP contribution in [0.2, 0.25) is 0 Å². The molecule has 0 aliphatic carbocycles. The summed E-state index contributed by atoms with van der Waals surface area (Å²) in [5.74, 6) is -1.03. The highest BCUT2D eigenvalue weighted by atomic mass is 79.9. The van der Waals surface area contributed by atoms with Crippen molar-refractivity contribution in [2.45, 2.75) is 26.3 Å². The quantitative estimate of drug-likeness (QED) is 0.892. The molecule has 1 N–H and O–H groups in total. The highest BCUT2D eigenvalue weighted by Gasteiger charge is 2.27. The Hall–Kier alpha value is -1.82. The topological polar surface area (TPSA) is 62.5 Å². The summed E-state index contributed by atoms with van der Waals surface area (Å²) in [5.41, 5.74) is 2.06. The van der Waals surface area contributed by atoms with E-state index in [2.05, 4.69) is 15.9 Å². The van der Waals surface area contributed by atoms with Crippen molar-refractivity contribution in [3.63, 3.8) is 0 Å². The standard InChI is InChI=1S/C17H19BrN2O3/c1-11-16(18)13-4-2-3-5-14(13)20(11)10-15(21)19-8-6-12(7-9-19)17(22)23/h2-5,12H,6-10H2,1H3,(H,22,23). The largest absolute Gasteiger partial charge is 0.481 e. The van der Waals surface area contributed by atoms with Gasteiger partial charge in [-0.25, -0.2) is 0 Å². The van der Waals surface area contributed by atoms with E-state index in [9.17, 15) is 9.59 Å². The van der Waals surface area contributed by atoms with Gasteiger partial charge < -0.3 is 14.6 Å². The number of fused-ring (bicyclic) bond motifs is 1. The third-order valence-electron chi connectivity index (χ3n) is 4.64. The molecular weight excluding hydrogens is 360 g/mol. The highest BCUT2D eigenvalue weighted by molar-refractivity contribution is 9.10. The van der Waals surface area contributed by atoms with Gasteiger partial charge >= 0.3 is 5.97 Å². The molecule has 0 atom stereocenters. The highest BCUT2D eigenvalue weighted by Crippen LogP contribution is 2.30. The molecule has 6 heteroatoms. The number of aliphatic carboxylic acids is 1. The fourth-order valence-electron chi connectivity index (χ4n) is 3.20. The second kappa shape index (κ2) is 6.35. The van der Waals surface area contributed by atoms with Crippen molar-refractivity contribution < 1.29 is 14.7 Å². The van der Waals surface area contributed by atoms with Crippen LogP contribution in [0.25, 0.3) is 10.9 Å². The molecule has 2 aromatic rings. The molecule has 1 aromatic heterocycles. The lowest BCUT2D eigenvalue weighted by molar-refractivity contribution is -0.145. The molecule has 0 unspecified atom stereocenters. The molecule has 122 valence electrons. The number of hydrogen-bond acceptors (Lipinski definition) is 2. The van der Waals surface area contributed by atoms with Gasteiger partial charge in [-0.05, 0) is 41.8 Å². The Morgan fingerprint density at radius 1 is 1.26 bits per heavy atom. The minimum absolute atomic E-state index is 0.0465. The number of amides is 1. The van der Waals surface area contributed by atoms with E-state index in [0.29, 0.717) is 25.9 Å². The van der Waals surface area contributed by atoms with Gasteiger partial charge in [-0.2, -0.15) is 0 Å². The van der Waals surface area contributed by atoms with E-state index in [0.717, 1.165) is 21.1 Å². The number of nitrogens with zero attached hydrogens (tertiary/aromatic N) is 2. The Morgan fingerprint density at radius 3 is 2.57 bits per heavy atom. The van der Waals surface area contributed by atoms with Crippen LogP contribution >= 0.6 is 15.9 Å². The minimum atomic E-state index is -0.756. The number of carbonyl (C=O) groups is 2. The first-order chi connectivity index (χ1) is 11.0. The summed E-state index contributed by atoms with van der Waals surface area (Å²) in [6.07, 6.45) is 1.08. The molecule has 23 heavy (non-hydrogen) atoms. The summed E-state index contributed by atoms with van der Waals surface area (Å²) >= 11 is 3.60. The van der Waals surface area contributed by atoms with Crippen LogP contribution in [0.3, 0.4) is 0 Å². The molecule has 1 aliphatic rings. The summed E-state index contributed by atoms with van der Waals surface area (Å²) < 4.78 is 3.04. The average molecular weight is 379 g/mol. The number of aromatic nitrogens is 1. The number of carboxylic acids is 1. The smallest absolute Gasteiger partial charge is 0.306 e. The molecule has 1 saturated heterocycles. The molecule has 0 spiro atoms. The molecule has 1 fully saturated rings. The van der Waals surface area contributed by atoms with E-state index in [1.807, 2.05) is 35.8 Å². The number of hydrogen-bond donors (Lipinski definition) is 1. The summed E-state index contributed by atoms with van der Waals surface area (Å²) in [5, 5.41) is 10.1. The van der Waals surface area contributed by atoms with E-state index in [1.165, 1.54) is 0 Å². The molecule has 1 aliphatic heterocycles. The van der Waals surface area contributed by atoms with Gasteiger partial charge in [-0.1, -0.05) is 18.2 Å². The summed E-state index contributed by atoms with van der Waals surface area (Å²) in [7, 11) is 0. The first-order valence-corrected chi connectivity index (χ1v) is 8.52. The Balaban J connectivity index is 1.77.